The summed E-state index contributed by atoms with van der Waals surface area (Å²) >= 11 is 0. The molecule has 2 aromatic rings. The summed E-state index contributed by atoms with van der Waals surface area (Å²) < 4.78 is 0. The van der Waals surface area contributed by atoms with Crippen LogP contribution in [-0.2, 0) is 35.2 Å². The largest absolute Gasteiger partial charge is 0.343 e. The predicted molar refractivity (Wildman–Crippen MR) is 155 cm³/mol. The van der Waals surface area contributed by atoms with E-state index >= 15 is 0 Å². The zero-order chi connectivity index (χ0) is 31.1. The standard InChI is InChI=1S/C30H34N6O7/c1-19(31-27(39)20(2)35-25(37)15-16-26(35)38)29(41)34-17-9-14-24(34)28(40)32-23(18-21-10-5-3-6-11-21)30(42)36(33-43)22-12-7-4-8-13-22/h3-8,10-13,19-20,23-24H,9,14-18H2,1-2H3,(H,31,39)(H,32,40)/t19-,20-,23-,24-/m0/s1. The Hall–Kier alpha value is -4.94. The fraction of sp³-hybridized carbons (Fsp3) is 0.400. The Bertz CT molecular complexity index is 1370. The summed E-state index contributed by atoms with van der Waals surface area (Å²) in [6.07, 6.45) is 0.987. The topological polar surface area (TPSA) is 166 Å². The molecule has 6 amide bonds. The maximum Gasteiger partial charge on any atom is 0.272 e. The number of anilines is 1. The first-order valence-electron chi connectivity index (χ1n) is 14.1. The molecule has 226 valence electrons. The SMILES string of the molecule is C[C@H](NC(=O)[C@H](C)N1C(=O)CCC1=O)C(=O)N1CCC[C@H]1C(=O)N[C@@H](Cc1ccccc1)C(=O)N(N=O)c1ccccc1. The van der Waals surface area contributed by atoms with E-state index in [0.29, 0.717) is 17.9 Å². The van der Waals surface area contributed by atoms with E-state index in [1.54, 1.807) is 54.6 Å². The van der Waals surface area contributed by atoms with Crippen molar-refractivity contribution in [2.45, 2.75) is 70.1 Å². The van der Waals surface area contributed by atoms with E-state index in [1.165, 1.54) is 18.7 Å². The molecule has 13 heteroatoms. The van der Waals surface area contributed by atoms with Gasteiger partial charge in [-0.1, -0.05) is 48.5 Å². The van der Waals surface area contributed by atoms with Gasteiger partial charge in [-0.2, -0.15) is 5.01 Å². The Morgan fingerprint density at radius 2 is 1.53 bits per heavy atom. The average molecular weight is 591 g/mol. The Labute approximate surface area is 248 Å². The van der Waals surface area contributed by atoms with E-state index in [1.807, 2.05) is 6.07 Å². The molecule has 2 N–H and O–H groups in total. The Morgan fingerprint density at radius 1 is 0.930 bits per heavy atom. The Kier molecular flexibility index (Phi) is 9.96. The van der Waals surface area contributed by atoms with E-state index in [2.05, 4.69) is 15.9 Å². The van der Waals surface area contributed by atoms with Crippen molar-refractivity contribution in [2.24, 2.45) is 5.29 Å². The van der Waals surface area contributed by atoms with Crippen LogP contribution in [0.5, 0.6) is 0 Å². The lowest BCUT2D eigenvalue weighted by atomic mass is 10.0. The number of nitrogens with zero attached hydrogens (tertiary/aromatic N) is 4. The van der Waals surface area contributed by atoms with Gasteiger partial charge in [-0.15, -0.1) is 4.91 Å². The highest BCUT2D eigenvalue weighted by atomic mass is 16.3. The summed E-state index contributed by atoms with van der Waals surface area (Å²) in [4.78, 5) is 91.3. The minimum absolute atomic E-state index is 0.0370. The van der Waals surface area contributed by atoms with E-state index in [-0.39, 0.29) is 31.5 Å². The van der Waals surface area contributed by atoms with Crippen molar-refractivity contribution >= 4 is 41.1 Å². The minimum Gasteiger partial charge on any atom is -0.343 e. The van der Waals surface area contributed by atoms with E-state index in [0.717, 1.165) is 10.5 Å². The molecule has 2 saturated heterocycles. The molecule has 0 aliphatic carbocycles. The van der Waals surface area contributed by atoms with Gasteiger partial charge in [-0.3, -0.25) is 33.7 Å². The third-order valence-electron chi connectivity index (χ3n) is 7.61. The van der Waals surface area contributed by atoms with Crippen molar-refractivity contribution < 1.29 is 28.8 Å². The van der Waals surface area contributed by atoms with Crippen molar-refractivity contribution in [1.82, 2.24) is 20.4 Å². The van der Waals surface area contributed by atoms with Crippen LogP contribution in [-0.4, -0.2) is 76.0 Å². The maximum atomic E-state index is 13.6. The molecule has 4 atom stereocenters. The summed E-state index contributed by atoms with van der Waals surface area (Å²) in [6.45, 7) is 3.12. The second-order valence-electron chi connectivity index (χ2n) is 10.6. The number of rotatable bonds is 11. The van der Waals surface area contributed by atoms with Crippen LogP contribution in [0.15, 0.2) is 65.9 Å². The zero-order valence-electron chi connectivity index (χ0n) is 24.0. The molecule has 0 aromatic heterocycles. The van der Waals surface area contributed by atoms with Gasteiger partial charge in [0.2, 0.25) is 29.5 Å². The monoisotopic (exact) mass is 590 g/mol. The molecule has 4 rings (SSSR count). The molecule has 2 aromatic carbocycles. The lowest BCUT2D eigenvalue weighted by Crippen LogP contribution is -2.57. The highest BCUT2D eigenvalue weighted by Crippen LogP contribution is 2.21. The van der Waals surface area contributed by atoms with Gasteiger partial charge in [0.15, 0.2) is 0 Å². The summed E-state index contributed by atoms with van der Waals surface area (Å²) in [5.74, 6) is -3.41. The number of nitrogens with one attached hydrogen (secondary N) is 2. The van der Waals surface area contributed by atoms with E-state index in [9.17, 15) is 33.7 Å². The van der Waals surface area contributed by atoms with Gasteiger partial charge in [0.25, 0.3) is 5.91 Å². The van der Waals surface area contributed by atoms with Crippen LogP contribution in [0.1, 0.15) is 45.1 Å². The van der Waals surface area contributed by atoms with Gasteiger partial charge in [0.05, 0.1) is 11.0 Å². The lowest BCUT2D eigenvalue weighted by Gasteiger charge is -2.30. The number of hydrogen-bond acceptors (Lipinski definition) is 8. The van der Waals surface area contributed by atoms with Crippen molar-refractivity contribution in [2.75, 3.05) is 11.6 Å². The van der Waals surface area contributed by atoms with Crippen LogP contribution in [0.2, 0.25) is 0 Å². The van der Waals surface area contributed by atoms with Crippen molar-refractivity contribution in [1.29, 1.82) is 0 Å². The second kappa shape index (κ2) is 13.8. The molecule has 0 spiro atoms. The maximum absolute atomic E-state index is 13.6. The number of para-hydroxylation sites is 1. The molecule has 0 radical (unpaired) electrons. The summed E-state index contributed by atoms with van der Waals surface area (Å²) in [5.41, 5.74) is 0.975. The molecule has 0 unspecified atom stereocenters. The Morgan fingerprint density at radius 3 is 2.14 bits per heavy atom. The lowest BCUT2D eigenvalue weighted by molar-refractivity contribution is -0.147. The summed E-state index contributed by atoms with van der Waals surface area (Å²) in [5, 5.41) is 8.88. The number of imide groups is 1. The first kappa shape index (κ1) is 31.0. The van der Waals surface area contributed by atoms with Crippen molar-refractivity contribution in [3.8, 4) is 0 Å². The number of hydrogen-bond donors (Lipinski definition) is 2. The average Bonchev–Trinajstić information content (AvgIpc) is 3.63. The van der Waals surface area contributed by atoms with E-state index in [4.69, 9.17) is 0 Å². The van der Waals surface area contributed by atoms with E-state index < -0.39 is 59.6 Å². The molecule has 2 aliphatic heterocycles. The normalized spacial score (nSPS) is 18.5. The molecule has 2 heterocycles. The number of likely N-dealkylation sites (tertiary alicyclic amines) is 2. The van der Waals surface area contributed by atoms with Crippen LogP contribution in [0.25, 0.3) is 0 Å². The third-order valence-corrected chi connectivity index (χ3v) is 7.61. The number of nitroso groups, excluding NO2 is 1. The van der Waals surface area contributed by atoms with Crippen LogP contribution in [0.3, 0.4) is 0 Å². The van der Waals surface area contributed by atoms with Gasteiger partial charge in [0, 0.05) is 25.8 Å². The van der Waals surface area contributed by atoms with Gasteiger partial charge < -0.3 is 15.5 Å². The van der Waals surface area contributed by atoms with Crippen LogP contribution in [0, 0.1) is 4.91 Å². The highest BCUT2D eigenvalue weighted by Gasteiger charge is 2.40. The quantitative estimate of drug-likeness (QED) is 0.227. The van der Waals surface area contributed by atoms with Crippen LogP contribution in [0.4, 0.5) is 5.69 Å². The molecule has 0 saturated carbocycles. The number of carbonyl (C=O) groups is 6. The molecular weight excluding hydrogens is 556 g/mol. The smallest absolute Gasteiger partial charge is 0.272 e. The molecule has 43 heavy (non-hydrogen) atoms. The Balaban J connectivity index is 1.46. The van der Waals surface area contributed by atoms with Crippen molar-refractivity contribution in [3.05, 3.63) is 71.1 Å². The third kappa shape index (κ3) is 7.11. The van der Waals surface area contributed by atoms with Crippen LogP contribution < -0.4 is 15.6 Å². The first-order chi connectivity index (χ1) is 20.6. The van der Waals surface area contributed by atoms with Gasteiger partial charge in [-0.25, -0.2) is 0 Å². The molecular formula is C30H34N6O7. The molecule has 13 nitrogen and oxygen atoms in total. The number of carbonyl (C=O) groups excluding carboxylic acids is 6. The second-order valence-corrected chi connectivity index (χ2v) is 10.6. The zero-order valence-corrected chi connectivity index (χ0v) is 24.0. The van der Waals surface area contributed by atoms with Gasteiger partial charge >= 0.3 is 0 Å². The highest BCUT2D eigenvalue weighted by molar-refractivity contribution is 6.06. The number of amides is 6. The predicted octanol–water partition coefficient (Wildman–Crippen LogP) is 1.46. The van der Waals surface area contributed by atoms with Crippen molar-refractivity contribution in [3.63, 3.8) is 0 Å². The molecule has 2 fully saturated rings. The molecule has 0 bridgehead atoms. The summed E-state index contributed by atoms with van der Waals surface area (Å²) in [7, 11) is 0. The van der Waals surface area contributed by atoms with Gasteiger partial charge in [0.1, 0.15) is 24.2 Å². The number of benzene rings is 2. The summed E-state index contributed by atoms with van der Waals surface area (Å²) in [6, 6.07) is 12.8. The van der Waals surface area contributed by atoms with Gasteiger partial charge in [-0.05, 0) is 44.4 Å². The molecule has 2 aliphatic rings. The van der Waals surface area contributed by atoms with Crippen LogP contribution >= 0.6 is 0 Å². The first-order valence-corrected chi connectivity index (χ1v) is 14.1. The fourth-order valence-corrected chi connectivity index (χ4v) is 5.34. The minimum atomic E-state index is -1.17. The fourth-order valence-electron chi connectivity index (χ4n) is 5.34.